The smallest absolute Gasteiger partial charge is 0.363 e. The largest absolute Gasteiger partial charge is 0.416 e. The lowest BCUT2D eigenvalue weighted by atomic mass is 10.0. The van der Waals surface area contributed by atoms with Gasteiger partial charge in [-0.2, -0.15) is 18.3 Å². The molecule has 1 aliphatic heterocycles. The van der Waals surface area contributed by atoms with Gasteiger partial charge in [-0.1, -0.05) is 0 Å². The average molecular weight is 529 g/mol. The number of anilines is 1. The van der Waals surface area contributed by atoms with Gasteiger partial charge in [-0.25, -0.2) is 14.4 Å². The van der Waals surface area contributed by atoms with Crippen LogP contribution in [-0.2, 0) is 25.0 Å². The Morgan fingerprint density at radius 3 is 2.53 bits per heavy atom. The van der Waals surface area contributed by atoms with Crippen molar-refractivity contribution in [3.63, 3.8) is 0 Å². The van der Waals surface area contributed by atoms with Crippen molar-refractivity contribution in [2.45, 2.75) is 37.6 Å². The van der Waals surface area contributed by atoms with Gasteiger partial charge in [0.15, 0.2) is 0 Å². The van der Waals surface area contributed by atoms with Gasteiger partial charge in [0, 0.05) is 38.0 Å². The molecule has 1 spiro atoms. The van der Waals surface area contributed by atoms with Crippen molar-refractivity contribution in [1.82, 2.24) is 24.3 Å². The molecular formula is C26H24F4N6O2. The van der Waals surface area contributed by atoms with E-state index in [-0.39, 0.29) is 39.4 Å². The number of hydrogen-bond donors (Lipinski definition) is 0. The summed E-state index contributed by atoms with van der Waals surface area (Å²) in [6, 6.07) is 3.91. The molecule has 1 saturated carbocycles. The molecule has 198 valence electrons. The van der Waals surface area contributed by atoms with Gasteiger partial charge in [0.1, 0.15) is 34.8 Å². The molecule has 38 heavy (non-hydrogen) atoms. The predicted molar refractivity (Wildman–Crippen MR) is 131 cm³/mol. The Hall–Kier alpha value is -3.80. The van der Waals surface area contributed by atoms with E-state index in [2.05, 4.69) is 10.1 Å². The van der Waals surface area contributed by atoms with Crippen molar-refractivity contribution in [3.8, 4) is 11.3 Å². The lowest BCUT2D eigenvalue weighted by Crippen LogP contribution is -2.46. The molecule has 4 heterocycles. The zero-order valence-electron chi connectivity index (χ0n) is 20.9. The maximum atomic E-state index is 15.2. The van der Waals surface area contributed by atoms with Gasteiger partial charge >= 0.3 is 6.18 Å². The van der Waals surface area contributed by atoms with Crippen LogP contribution >= 0.6 is 0 Å². The fraction of sp³-hybridized carbons (Fsp3) is 0.385. The normalized spacial score (nSPS) is 18.9. The topological polar surface area (TPSA) is 78.1 Å². The summed E-state index contributed by atoms with van der Waals surface area (Å²) in [6.07, 6.45) is 0.332. The highest BCUT2D eigenvalue weighted by Gasteiger charge is 2.51. The fourth-order valence-corrected chi connectivity index (χ4v) is 4.96. The Labute approximate surface area is 214 Å². The summed E-state index contributed by atoms with van der Waals surface area (Å²) in [7, 11) is 3.40. The summed E-state index contributed by atoms with van der Waals surface area (Å²) < 4.78 is 64.2. The molecule has 2 aliphatic rings. The van der Waals surface area contributed by atoms with E-state index in [0.29, 0.717) is 30.8 Å². The third-order valence-electron chi connectivity index (χ3n) is 7.31. The summed E-state index contributed by atoms with van der Waals surface area (Å²) in [5.41, 5.74) is -0.962. The quantitative estimate of drug-likeness (QED) is 0.369. The second-order valence-corrected chi connectivity index (χ2v) is 10.1. The van der Waals surface area contributed by atoms with E-state index in [9.17, 15) is 18.0 Å². The van der Waals surface area contributed by atoms with E-state index in [4.69, 9.17) is 9.72 Å². The van der Waals surface area contributed by atoms with Crippen LogP contribution in [0.5, 0.6) is 0 Å². The van der Waals surface area contributed by atoms with E-state index in [1.54, 1.807) is 30.9 Å². The number of nitrogens with zero attached hydrogens (tertiary/aromatic N) is 6. The van der Waals surface area contributed by atoms with Crippen LogP contribution in [0.1, 0.15) is 35.9 Å². The molecule has 12 heteroatoms. The van der Waals surface area contributed by atoms with Gasteiger partial charge in [0.05, 0.1) is 29.3 Å². The highest BCUT2D eigenvalue weighted by atomic mass is 19.4. The number of aromatic nitrogens is 5. The van der Waals surface area contributed by atoms with Gasteiger partial charge < -0.3 is 9.64 Å². The molecule has 3 aromatic heterocycles. The number of alkyl halides is 3. The Balaban J connectivity index is 1.52. The molecule has 0 radical (unpaired) electrons. The van der Waals surface area contributed by atoms with Crippen LogP contribution in [0.15, 0.2) is 41.5 Å². The Morgan fingerprint density at radius 1 is 1.13 bits per heavy atom. The van der Waals surface area contributed by atoms with Crippen LogP contribution in [-0.4, -0.2) is 43.0 Å². The monoisotopic (exact) mass is 528 g/mol. The van der Waals surface area contributed by atoms with E-state index < -0.39 is 17.6 Å². The van der Waals surface area contributed by atoms with Crippen molar-refractivity contribution in [2.75, 3.05) is 18.0 Å². The Bertz CT molecular complexity index is 1640. The number of halogens is 4. The fourth-order valence-electron chi connectivity index (χ4n) is 4.96. The van der Waals surface area contributed by atoms with Gasteiger partial charge in [0.25, 0.3) is 5.56 Å². The highest BCUT2D eigenvalue weighted by molar-refractivity contribution is 5.93. The summed E-state index contributed by atoms with van der Waals surface area (Å²) >= 11 is 0. The highest BCUT2D eigenvalue weighted by Crippen LogP contribution is 2.48. The first-order valence-corrected chi connectivity index (χ1v) is 12.1. The molecule has 0 bridgehead atoms. The first kappa shape index (κ1) is 24.5. The standard InChI is InChI=1S/C26H24F4N6O2/c1-14-32-23-18(24(37)35(14)3)9-21(33-22(23)17-5-4-16(8-19(17)27)26(28,29)30)36-12-20(15-10-31-34(2)11-15)38-25(13-36)6-7-25/h4-5,8-11,20H,6-7,12-13H2,1-3H3. The van der Waals surface area contributed by atoms with Crippen molar-refractivity contribution in [2.24, 2.45) is 14.1 Å². The van der Waals surface area contributed by atoms with Crippen LogP contribution in [0.2, 0.25) is 0 Å². The first-order chi connectivity index (χ1) is 17.9. The molecule has 1 aromatic carbocycles. The molecule has 1 saturated heterocycles. The molecule has 4 aromatic rings. The summed E-state index contributed by atoms with van der Waals surface area (Å²) in [5, 5.41) is 4.45. The van der Waals surface area contributed by atoms with Gasteiger partial charge in [0.2, 0.25) is 0 Å². The first-order valence-electron chi connectivity index (χ1n) is 12.1. The minimum absolute atomic E-state index is 0.0128. The minimum Gasteiger partial charge on any atom is -0.363 e. The molecular weight excluding hydrogens is 504 g/mol. The SMILES string of the molecule is Cc1nc2c(-c3ccc(C(F)(F)F)cc3F)nc(N3CC(c4cnn(C)c4)OC4(CC4)C3)cc2c(=O)n1C. The van der Waals surface area contributed by atoms with Gasteiger partial charge in [-0.05, 0) is 44.0 Å². The van der Waals surface area contributed by atoms with Crippen LogP contribution in [0.3, 0.4) is 0 Å². The number of fused-ring (bicyclic) bond motifs is 1. The molecule has 2 fully saturated rings. The van der Waals surface area contributed by atoms with Gasteiger partial charge in [-0.3, -0.25) is 14.0 Å². The number of aryl methyl sites for hydroxylation is 2. The lowest BCUT2D eigenvalue weighted by Gasteiger charge is -2.39. The number of rotatable bonds is 3. The average Bonchev–Trinajstić information content (AvgIpc) is 3.45. The van der Waals surface area contributed by atoms with Crippen LogP contribution in [0, 0.1) is 12.7 Å². The minimum atomic E-state index is -4.70. The molecule has 1 unspecified atom stereocenters. The van der Waals surface area contributed by atoms with E-state index in [1.165, 1.54) is 4.57 Å². The van der Waals surface area contributed by atoms with Crippen LogP contribution in [0.4, 0.5) is 23.4 Å². The summed E-state index contributed by atoms with van der Waals surface area (Å²) in [5.74, 6) is -0.330. The van der Waals surface area contributed by atoms with Crippen molar-refractivity contribution in [1.29, 1.82) is 0 Å². The maximum absolute atomic E-state index is 15.2. The number of benzene rings is 1. The van der Waals surface area contributed by atoms with Crippen LogP contribution < -0.4 is 10.5 Å². The molecule has 8 nitrogen and oxygen atoms in total. The zero-order chi connectivity index (χ0) is 27.0. The van der Waals surface area contributed by atoms with Crippen molar-refractivity contribution >= 4 is 16.7 Å². The number of hydrogen-bond acceptors (Lipinski definition) is 6. The van der Waals surface area contributed by atoms with E-state index in [0.717, 1.165) is 30.5 Å². The van der Waals surface area contributed by atoms with Gasteiger partial charge in [-0.15, -0.1) is 0 Å². The Morgan fingerprint density at radius 2 is 1.89 bits per heavy atom. The molecule has 0 amide bonds. The molecule has 1 atom stereocenters. The zero-order valence-corrected chi connectivity index (χ0v) is 20.9. The number of ether oxygens (including phenoxy) is 1. The number of morpholine rings is 1. The second-order valence-electron chi connectivity index (χ2n) is 10.1. The van der Waals surface area contributed by atoms with Crippen molar-refractivity contribution in [3.05, 3.63) is 69.8 Å². The van der Waals surface area contributed by atoms with Crippen molar-refractivity contribution < 1.29 is 22.3 Å². The number of pyridine rings is 1. The molecule has 0 N–H and O–H groups in total. The maximum Gasteiger partial charge on any atom is 0.416 e. The third kappa shape index (κ3) is 4.12. The Kier molecular flexibility index (Phi) is 5.39. The second kappa shape index (κ2) is 8.35. The summed E-state index contributed by atoms with van der Waals surface area (Å²) in [6.45, 7) is 2.54. The van der Waals surface area contributed by atoms with E-state index in [1.807, 2.05) is 18.1 Å². The lowest BCUT2D eigenvalue weighted by molar-refractivity contribution is -0.137. The molecule has 6 rings (SSSR count). The summed E-state index contributed by atoms with van der Waals surface area (Å²) in [4.78, 5) is 24.4. The molecule has 1 aliphatic carbocycles. The third-order valence-corrected chi connectivity index (χ3v) is 7.31. The van der Waals surface area contributed by atoms with E-state index >= 15 is 4.39 Å². The van der Waals surface area contributed by atoms with Crippen LogP contribution in [0.25, 0.3) is 22.2 Å². The predicted octanol–water partition coefficient (Wildman–Crippen LogP) is 4.31.